The maximum Gasteiger partial charge on any atom is 0.125 e. The molecule has 0 aliphatic heterocycles. The molecular weight excluding hydrogens is 302 g/mol. The molecule has 0 bridgehead atoms. The third-order valence-corrected chi connectivity index (χ3v) is 5.99. The largest absolute Gasteiger partial charge is 0.259 e. The summed E-state index contributed by atoms with van der Waals surface area (Å²) in [6.45, 7) is 10.4. The molecule has 4 nitrogen and oxygen atoms in total. The first-order chi connectivity index (χ1) is 9.75. The topological polar surface area (TPSA) is 55.7 Å². The summed E-state index contributed by atoms with van der Waals surface area (Å²) in [5, 5.41) is 0.948. The zero-order valence-corrected chi connectivity index (χ0v) is 14.8. The molecule has 6 heteroatoms. The van der Waals surface area contributed by atoms with E-state index < -0.39 is 10.8 Å². The summed E-state index contributed by atoms with van der Waals surface area (Å²) in [5.41, 5.74) is 2.05. The summed E-state index contributed by atoms with van der Waals surface area (Å²) in [5.74, 6) is 1.70. The number of aromatic nitrogens is 3. The number of aryl methyl sites for hydroxylation is 2. The fraction of sp³-hybridized carbons (Fsp3) is 0.533. The molecule has 21 heavy (non-hydrogen) atoms. The van der Waals surface area contributed by atoms with Gasteiger partial charge >= 0.3 is 0 Å². The molecule has 0 N–H and O–H groups in total. The zero-order chi connectivity index (χ0) is 15.6. The van der Waals surface area contributed by atoms with Crippen LogP contribution in [0.4, 0.5) is 0 Å². The molecule has 1 unspecified atom stereocenters. The van der Waals surface area contributed by atoms with E-state index in [9.17, 15) is 4.21 Å². The molecule has 0 aliphatic rings. The van der Waals surface area contributed by atoms with Gasteiger partial charge in [-0.2, -0.15) is 0 Å². The molecule has 0 saturated carbocycles. The van der Waals surface area contributed by atoms with Crippen LogP contribution >= 0.6 is 11.3 Å². The molecule has 0 radical (unpaired) electrons. The molecule has 2 heterocycles. The van der Waals surface area contributed by atoms with Gasteiger partial charge in [-0.05, 0) is 19.3 Å². The number of hydrogen-bond acceptors (Lipinski definition) is 5. The van der Waals surface area contributed by atoms with Crippen molar-refractivity contribution in [2.45, 2.75) is 51.5 Å². The monoisotopic (exact) mass is 323 g/mol. The first-order valence-corrected chi connectivity index (χ1v) is 9.15. The summed E-state index contributed by atoms with van der Waals surface area (Å²) < 4.78 is 12.3. The van der Waals surface area contributed by atoms with Gasteiger partial charge in [0.15, 0.2) is 0 Å². The maximum absolute atomic E-state index is 12.3. The van der Waals surface area contributed by atoms with Gasteiger partial charge in [0.05, 0.1) is 17.2 Å². The molecule has 1 atom stereocenters. The Morgan fingerprint density at radius 2 is 1.76 bits per heavy atom. The molecule has 0 amide bonds. The minimum atomic E-state index is -0.982. The summed E-state index contributed by atoms with van der Waals surface area (Å²) in [6.07, 6.45) is 3.49. The maximum atomic E-state index is 12.3. The molecular formula is C15H21N3OS2. The molecule has 2 aromatic rings. The van der Waals surface area contributed by atoms with Crippen LogP contribution in [0.2, 0.25) is 0 Å². The van der Waals surface area contributed by atoms with Crippen LogP contribution in [0.25, 0.3) is 0 Å². The van der Waals surface area contributed by atoms with E-state index in [1.54, 1.807) is 23.7 Å². The standard InChI is InChI=1S/C15H21N3OS2/c1-10-14(15(3,4)5)20-13(18-10)9-21(19)8-12-6-16-11(2)17-7-12/h6-7H,8-9H2,1-5H3. The van der Waals surface area contributed by atoms with Crippen LogP contribution in [-0.2, 0) is 27.7 Å². The van der Waals surface area contributed by atoms with Crippen LogP contribution in [0.5, 0.6) is 0 Å². The van der Waals surface area contributed by atoms with Crippen molar-refractivity contribution in [3.63, 3.8) is 0 Å². The van der Waals surface area contributed by atoms with Gasteiger partial charge in [0.2, 0.25) is 0 Å². The molecule has 2 aromatic heterocycles. The van der Waals surface area contributed by atoms with Crippen LogP contribution in [0.3, 0.4) is 0 Å². The molecule has 0 aromatic carbocycles. The second-order valence-electron chi connectivity index (χ2n) is 6.14. The highest BCUT2D eigenvalue weighted by molar-refractivity contribution is 7.83. The summed E-state index contributed by atoms with van der Waals surface area (Å²) >= 11 is 1.67. The lowest BCUT2D eigenvalue weighted by atomic mass is 9.94. The number of rotatable bonds is 4. The van der Waals surface area contributed by atoms with Gasteiger partial charge in [-0.15, -0.1) is 11.3 Å². The highest BCUT2D eigenvalue weighted by Crippen LogP contribution is 2.31. The SMILES string of the molecule is Cc1ncc(CS(=O)Cc2nc(C)c(C(C)(C)C)s2)cn1. The Hall–Kier alpha value is -1.14. The number of thiazole rings is 1. The van der Waals surface area contributed by atoms with E-state index in [2.05, 4.69) is 35.7 Å². The van der Waals surface area contributed by atoms with Crippen LogP contribution in [-0.4, -0.2) is 19.2 Å². The van der Waals surface area contributed by atoms with E-state index >= 15 is 0 Å². The van der Waals surface area contributed by atoms with Crippen LogP contribution in [0.15, 0.2) is 12.4 Å². The lowest BCUT2D eigenvalue weighted by Gasteiger charge is -2.16. The predicted octanol–water partition coefficient (Wildman–Crippen LogP) is 3.30. The Morgan fingerprint density at radius 3 is 2.29 bits per heavy atom. The van der Waals surface area contributed by atoms with E-state index in [1.807, 2.05) is 13.8 Å². The first kappa shape index (κ1) is 16.2. The highest BCUT2D eigenvalue weighted by Gasteiger charge is 2.21. The van der Waals surface area contributed by atoms with Gasteiger partial charge in [-0.3, -0.25) is 4.21 Å². The number of nitrogens with zero attached hydrogens (tertiary/aromatic N) is 3. The highest BCUT2D eigenvalue weighted by atomic mass is 32.2. The lowest BCUT2D eigenvalue weighted by Crippen LogP contribution is -2.10. The Balaban J connectivity index is 2.05. The summed E-state index contributed by atoms with van der Waals surface area (Å²) in [4.78, 5) is 14.1. The van der Waals surface area contributed by atoms with Crippen molar-refractivity contribution < 1.29 is 4.21 Å². The van der Waals surface area contributed by atoms with E-state index in [1.165, 1.54) is 4.88 Å². The van der Waals surface area contributed by atoms with Crippen LogP contribution < -0.4 is 0 Å². The van der Waals surface area contributed by atoms with Gasteiger partial charge in [0, 0.05) is 33.6 Å². The normalized spacial score (nSPS) is 13.4. The lowest BCUT2D eigenvalue weighted by molar-refractivity contribution is 0.598. The second-order valence-corrected chi connectivity index (χ2v) is 8.68. The third-order valence-electron chi connectivity index (χ3n) is 2.97. The molecule has 0 spiro atoms. The molecule has 114 valence electrons. The Labute approximate surface area is 132 Å². The zero-order valence-electron chi connectivity index (χ0n) is 13.1. The van der Waals surface area contributed by atoms with Gasteiger partial charge < -0.3 is 0 Å². The average Bonchev–Trinajstić information content (AvgIpc) is 2.73. The van der Waals surface area contributed by atoms with Gasteiger partial charge in [-0.1, -0.05) is 20.8 Å². The van der Waals surface area contributed by atoms with E-state index in [0.717, 1.165) is 22.1 Å². The van der Waals surface area contributed by atoms with Crippen molar-refractivity contribution >= 4 is 22.1 Å². The molecule has 0 fully saturated rings. The number of hydrogen-bond donors (Lipinski definition) is 0. The Bertz CT molecular complexity index is 642. The molecule has 0 saturated heterocycles. The quantitative estimate of drug-likeness (QED) is 0.866. The average molecular weight is 323 g/mol. The van der Waals surface area contributed by atoms with Crippen molar-refractivity contribution in [1.82, 2.24) is 15.0 Å². The third kappa shape index (κ3) is 4.41. The van der Waals surface area contributed by atoms with Crippen molar-refractivity contribution in [3.8, 4) is 0 Å². The smallest absolute Gasteiger partial charge is 0.125 e. The van der Waals surface area contributed by atoms with Gasteiger partial charge in [0.1, 0.15) is 10.8 Å². The van der Waals surface area contributed by atoms with Crippen LogP contribution in [0, 0.1) is 13.8 Å². The van der Waals surface area contributed by atoms with Gasteiger partial charge in [0.25, 0.3) is 0 Å². The fourth-order valence-electron chi connectivity index (χ4n) is 2.08. The van der Waals surface area contributed by atoms with Crippen molar-refractivity contribution in [2.24, 2.45) is 0 Å². The van der Waals surface area contributed by atoms with Gasteiger partial charge in [-0.25, -0.2) is 15.0 Å². The molecule has 0 aliphatic carbocycles. The Kier molecular flexibility index (Phi) is 4.88. The minimum Gasteiger partial charge on any atom is -0.259 e. The summed E-state index contributed by atoms with van der Waals surface area (Å²) in [6, 6.07) is 0. The van der Waals surface area contributed by atoms with Crippen molar-refractivity contribution in [3.05, 3.63) is 39.4 Å². The van der Waals surface area contributed by atoms with E-state index in [-0.39, 0.29) is 5.41 Å². The second kappa shape index (κ2) is 6.32. The summed E-state index contributed by atoms with van der Waals surface area (Å²) in [7, 11) is -0.982. The van der Waals surface area contributed by atoms with Crippen molar-refractivity contribution in [1.29, 1.82) is 0 Å². The van der Waals surface area contributed by atoms with Crippen molar-refractivity contribution in [2.75, 3.05) is 0 Å². The minimum absolute atomic E-state index is 0.0896. The fourth-order valence-corrected chi connectivity index (χ4v) is 4.59. The van der Waals surface area contributed by atoms with E-state index in [4.69, 9.17) is 0 Å². The van der Waals surface area contributed by atoms with E-state index in [0.29, 0.717) is 11.5 Å². The Morgan fingerprint density at radius 1 is 1.14 bits per heavy atom. The predicted molar refractivity (Wildman–Crippen MR) is 87.9 cm³/mol. The first-order valence-electron chi connectivity index (χ1n) is 6.85. The van der Waals surface area contributed by atoms with Crippen LogP contribution in [0.1, 0.15) is 47.7 Å². The molecule has 2 rings (SSSR count).